The molecule has 0 fully saturated rings. The molecule has 0 saturated carbocycles. The predicted molar refractivity (Wildman–Crippen MR) is 125 cm³/mol. The number of nitrogens with two attached hydrogens (primary N) is 1. The number of hydrogen-bond donors (Lipinski definition) is 3. The van der Waals surface area contributed by atoms with Gasteiger partial charge in [-0.3, -0.25) is 10.00 Å². The van der Waals surface area contributed by atoms with Crippen LogP contribution in [0.3, 0.4) is 0 Å². The van der Waals surface area contributed by atoms with Crippen molar-refractivity contribution in [2.45, 2.75) is 31.2 Å². The summed E-state index contributed by atoms with van der Waals surface area (Å²) in [6.45, 7) is -0.106. The number of urea groups is 1. The van der Waals surface area contributed by atoms with E-state index in [1.54, 1.807) is 5.38 Å². The van der Waals surface area contributed by atoms with E-state index in [2.05, 4.69) is 26.6 Å². The molecule has 3 amide bonds. The van der Waals surface area contributed by atoms with Crippen LogP contribution in [0.25, 0.3) is 0 Å². The van der Waals surface area contributed by atoms with Gasteiger partial charge >= 0.3 is 12.1 Å². The maximum atomic E-state index is 12.5. The van der Waals surface area contributed by atoms with Gasteiger partial charge in [0, 0.05) is 29.6 Å². The normalized spacial score (nSPS) is 15.7. The van der Waals surface area contributed by atoms with Crippen molar-refractivity contribution in [3.05, 3.63) is 63.2 Å². The lowest BCUT2D eigenvalue weighted by Gasteiger charge is -2.24. The minimum atomic E-state index is -0.914. The molecule has 0 aliphatic heterocycles. The average molecular weight is 465 g/mol. The van der Waals surface area contributed by atoms with E-state index in [-0.39, 0.29) is 12.5 Å². The van der Waals surface area contributed by atoms with Crippen LogP contribution in [0.4, 0.5) is 15.4 Å². The maximum absolute atomic E-state index is 12.5. The summed E-state index contributed by atoms with van der Waals surface area (Å²) in [5, 5.41) is 12.0. The number of benzene rings is 1. The second-order valence-corrected chi connectivity index (χ2v) is 8.60. The van der Waals surface area contributed by atoms with Gasteiger partial charge in [0.05, 0.1) is 12.2 Å². The van der Waals surface area contributed by atoms with Crippen LogP contribution >= 0.6 is 11.3 Å². The summed E-state index contributed by atoms with van der Waals surface area (Å²) in [4.78, 5) is 27.8. The highest BCUT2D eigenvalue weighted by atomic mass is 32.1. The van der Waals surface area contributed by atoms with Gasteiger partial charge in [0.1, 0.15) is 12.4 Å². The standard InChI is InChI=1S/C23H24N6O3S/c1-3-21-27-20(13-33-21)28-23(31)26-18(12-32-22(24)30)15-9-7-14(8-10-15)16-5-4-6-19-17(16)11-25-29(19)2/h1,7-11,13,16,18H,4-6,12H2,2H3,(H2,24,30)(H2,26,28,31). The number of anilines is 1. The maximum Gasteiger partial charge on any atom is 0.404 e. The number of terminal acetylenes is 1. The van der Waals surface area contributed by atoms with E-state index in [1.165, 1.54) is 28.2 Å². The quantitative estimate of drug-likeness (QED) is 0.483. The molecule has 0 bridgehead atoms. The summed E-state index contributed by atoms with van der Waals surface area (Å²) in [6.07, 6.45) is 9.55. The number of rotatable bonds is 6. The van der Waals surface area contributed by atoms with Crippen LogP contribution in [-0.2, 0) is 18.2 Å². The second kappa shape index (κ2) is 9.75. The molecule has 2 aromatic heterocycles. The highest BCUT2D eigenvalue weighted by Crippen LogP contribution is 2.36. The fourth-order valence-electron chi connectivity index (χ4n) is 4.11. The summed E-state index contributed by atoms with van der Waals surface area (Å²) in [5.74, 6) is 3.05. The van der Waals surface area contributed by atoms with Gasteiger partial charge in [-0.15, -0.1) is 17.8 Å². The third-order valence-electron chi connectivity index (χ3n) is 5.68. The van der Waals surface area contributed by atoms with Crippen molar-refractivity contribution in [3.63, 3.8) is 0 Å². The van der Waals surface area contributed by atoms with E-state index in [9.17, 15) is 9.59 Å². The minimum absolute atomic E-state index is 0.106. The molecule has 33 heavy (non-hydrogen) atoms. The number of amides is 3. The molecule has 10 heteroatoms. The summed E-state index contributed by atoms with van der Waals surface area (Å²) in [7, 11) is 1.98. The second-order valence-electron chi connectivity index (χ2n) is 7.75. The summed E-state index contributed by atoms with van der Waals surface area (Å²) in [5.41, 5.74) is 9.63. The van der Waals surface area contributed by atoms with Crippen molar-refractivity contribution in [1.29, 1.82) is 0 Å². The van der Waals surface area contributed by atoms with Gasteiger partial charge in [-0.25, -0.2) is 14.6 Å². The van der Waals surface area contributed by atoms with E-state index >= 15 is 0 Å². The molecule has 2 heterocycles. The van der Waals surface area contributed by atoms with Crippen molar-refractivity contribution in [3.8, 4) is 12.3 Å². The van der Waals surface area contributed by atoms with E-state index in [1.807, 2.05) is 42.2 Å². The Morgan fingerprint density at radius 2 is 2.18 bits per heavy atom. The fourth-order valence-corrected chi connectivity index (χ4v) is 4.66. The van der Waals surface area contributed by atoms with Gasteiger partial charge in [0.15, 0.2) is 5.01 Å². The molecule has 0 radical (unpaired) electrons. The lowest BCUT2D eigenvalue weighted by atomic mass is 9.82. The third kappa shape index (κ3) is 5.15. The van der Waals surface area contributed by atoms with Crippen molar-refractivity contribution in [2.24, 2.45) is 12.8 Å². The number of carbonyl (C=O) groups excluding carboxylic acids is 2. The topological polar surface area (TPSA) is 124 Å². The van der Waals surface area contributed by atoms with Gasteiger partial charge in [-0.1, -0.05) is 24.3 Å². The van der Waals surface area contributed by atoms with Crippen LogP contribution in [0.5, 0.6) is 0 Å². The molecule has 0 spiro atoms. The molecule has 170 valence electrons. The largest absolute Gasteiger partial charge is 0.447 e. The molecule has 1 aromatic carbocycles. The van der Waals surface area contributed by atoms with Crippen LogP contribution in [0, 0.1) is 12.3 Å². The molecule has 2 unspecified atom stereocenters. The molecule has 9 nitrogen and oxygen atoms in total. The first-order valence-corrected chi connectivity index (χ1v) is 11.3. The van der Waals surface area contributed by atoms with Gasteiger partial charge in [-0.2, -0.15) is 5.10 Å². The molecule has 1 aliphatic carbocycles. The summed E-state index contributed by atoms with van der Waals surface area (Å²) in [6, 6.07) is 6.83. The molecule has 4 rings (SSSR count). The number of carbonyl (C=O) groups is 2. The zero-order valence-electron chi connectivity index (χ0n) is 18.1. The first-order valence-electron chi connectivity index (χ1n) is 10.5. The highest BCUT2D eigenvalue weighted by molar-refractivity contribution is 7.10. The van der Waals surface area contributed by atoms with E-state index in [0.717, 1.165) is 24.8 Å². The molecule has 1 aliphatic rings. The van der Waals surface area contributed by atoms with E-state index in [0.29, 0.717) is 10.8 Å². The van der Waals surface area contributed by atoms with Crippen molar-refractivity contribution in [2.75, 3.05) is 11.9 Å². The smallest absolute Gasteiger partial charge is 0.404 e. The molecular formula is C23H24N6O3S. The Morgan fingerprint density at radius 3 is 2.88 bits per heavy atom. The number of fused-ring (bicyclic) bond motifs is 1. The van der Waals surface area contributed by atoms with Gasteiger partial charge in [0.25, 0.3) is 0 Å². The Morgan fingerprint density at radius 1 is 1.39 bits per heavy atom. The number of aryl methyl sites for hydroxylation is 1. The van der Waals surface area contributed by atoms with Crippen LogP contribution in [0.2, 0.25) is 0 Å². The third-order valence-corrected chi connectivity index (χ3v) is 6.46. The lowest BCUT2D eigenvalue weighted by Crippen LogP contribution is -2.36. The van der Waals surface area contributed by atoms with Crippen molar-refractivity contribution in [1.82, 2.24) is 20.1 Å². The number of ether oxygens (including phenoxy) is 1. The number of hydrogen-bond acceptors (Lipinski definition) is 6. The predicted octanol–water partition coefficient (Wildman–Crippen LogP) is 3.28. The number of aromatic nitrogens is 3. The lowest BCUT2D eigenvalue weighted by molar-refractivity contribution is 0.144. The van der Waals surface area contributed by atoms with Gasteiger partial charge in [0.2, 0.25) is 0 Å². The molecule has 2 atom stereocenters. The zero-order chi connectivity index (χ0) is 23.4. The van der Waals surface area contributed by atoms with E-state index in [4.69, 9.17) is 16.9 Å². The Bertz CT molecular complexity index is 1190. The van der Waals surface area contributed by atoms with Crippen LogP contribution in [0.15, 0.2) is 35.8 Å². The fraction of sp³-hybridized carbons (Fsp3) is 0.304. The van der Waals surface area contributed by atoms with Gasteiger partial charge < -0.3 is 15.8 Å². The monoisotopic (exact) mass is 464 g/mol. The average Bonchev–Trinajstić information content (AvgIpc) is 3.43. The number of nitrogens with zero attached hydrogens (tertiary/aromatic N) is 3. The molecule has 0 saturated heterocycles. The zero-order valence-corrected chi connectivity index (χ0v) is 18.9. The van der Waals surface area contributed by atoms with Crippen molar-refractivity contribution >= 4 is 29.3 Å². The van der Waals surface area contributed by atoms with Crippen LogP contribution < -0.4 is 16.4 Å². The number of primary amides is 1. The van der Waals surface area contributed by atoms with Crippen molar-refractivity contribution < 1.29 is 14.3 Å². The number of thiazole rings is 1. The molecule has 4 N–H and O–H groups in total. The Balaban J connectivity index is 1.49. The molecule has 3 aromatic rings. The molecular weight excluding hydrogens is 440 g/mol. The SMILES string of the molecule is C#Cc1nc(NC(=O)NC(COC(N)=O)c2ccc(C3CCCc4c3cnn4C)cc2)cs1. The Labute approximate surface area is 195 Å². The highest BCUT2D eigenvalue weighted by Gasteiger charge is 2.25. The van der Waals surface area contributed by atoms with Gasteiger partial charge in [-0.05, 0) is 36.3 Å². The first kappa shape index (κ1) is 22.4. The Kier molecular flexibility index (Phi) is 6.60. The summed E-state index contributed by atoms with van der Waals surface area (Å²) < 4.78 is 6.92. The van der Waals surface area contributed by atoms with E-state index < -0.39 is 18.2 Å². The summed E-state index contributed by atoms with van der Waals surface area (Å²) >= 11 is 1.25. The first-order chi connectivity index (χ1) is 15.9. The van der Waals surface area contributed by atoms with Crippen LogP contribution in [0.1, 0.15) is 52.2 Å². The number of nitrogens with one attached hydrogen (secondary N) is 2. The van der Waals surface area contributed by atoms with Crippen LogP contribution in [-0.4, -0.2) is 33.5 Å². The minimum Gasteiger partial charge on any atom is -0.447 e. The Hall–Kier alpha value is -3.84.